The Kier molecular flexibility index (Phi) is 5.43. The van der Waals surface area contributed by atoms with Crippen LogP contribution >= 0.6 is 0 Å². The number of rotatable bonds is 6. The van der Waals surface area contributed by atoms with Crippen molar-refractivity contribution in [1.29, 1.82) is 0 Å². The van der Waals surface area contributed by atoms with Crippen LogP contribution in [0.25, 0.3) is 5.69 Å². The van der Waals surface area contributed by atoms with E-state index in [2.05, 4.69) is 50.0 Å². The number of pyridine rings is 1. The largest absolute Gasteiger partial charge is 0.338 e. The van der Waals surface area contributed by atoms with Crippen molar-refractivity contribution in [2.75, 3.05) is 6.54 Å². The smallest absolute Gasteiger partial charge is 0.223 e. The lowest BCUT2D eigenvalue weighted by Crippen LogP contribution is -2.24. The van der Waals surface area contributed by atoms with Gasteiger partial charge in [-0.15, -0.1) is 0 Å². The highest BCUT2D eigenvalue weighted by Crippen LogP contribution is 2.30. The molecule has 1 fully saturated rings. The van der Waals surface area contributed by atoms with Crippen LogP contribution in [0.5, 0.6) is 0 Å². The molecule has 0 N–H and O–H groups in total. The Bertz CT molecular complexity index is 978. The number of aryl methyl sites for hydroxylation is 1. The van der Waals surface area contributed by atoms with Crippen LogP contribution in [0.1, 0.15) is 49.0 Å². The van der Waals surface area contributed by atoms with E-state index in [4.69, 9.17) is 10.1 Å². The molecular weight excluding hydrogens is 362 g/mol. The number of nitrogens with zero attached hydrogens (tertiary/aromatic N) is 5. The van der Waals surface area contributed by atoms with Gasteiger partial charge in [0, 0.05) is 44.2 Å². The predicted molar refractivity (Wildman–Crippen MR) is 112 cm³/mol. The summed E-state index contributed by atoms with van der Waals surface area (Å²) >= 11 is 0. The molecule has 1 aliphatic heterocycles. The van der Waals surface area contributed by atoms with Gasteiger partial charge in [0.1, 0.15) is 5.82 Å². The Balaban J connectivity index is 1.62. The fourth-order valence-electron chi connectivity index (χ4n) is 3.77. The first-order valence-electron chi connectivity index (χ1n) is 10.2. The Labute approximate surface area is 171 Å². The molecular formula is C23H27N5O. The lowest BCUT2D eigenvalue weighted by Gasteiger charge is -2.16. The molecule has 1 atom stereocenters. The molecule has 3 aromatic rings. The number of amides is 1. The van der Waals surface area contributed by atoms with Gasteiger partial charge in [0.15, 0.2) is 5.82 Å². The van der Waals surface area contributed by atoms with E-state index in [1.807, 2.05) is 27.9 Å². The van der Waals surface area contributed by atoms with Gasteiger partial charge in [0.25, 0.3) is 0 Å². The standard InChI is InChI=1S/C23H27N5O/c1-16(2)11-21-25-23(28(26-21)20-8-6-17(3)7-9-20)19-12-22(29)27(15-19)14-18-5-4-10-24-13-18/h4-10,13,16,19H,11-12,14-15H2,1-3H3. The molecule has 0 bridgehead atoms. The highest BCUT2D eigenvalue weighted by molar-refractivity contribution is 5.79. The van der Waals surface area contributed by atoms with Crippen molar-refractivity contribution >= 4 is 5.91 Å². The molecule has 4 rings (SSSR count). The quantitative estimate of drug-likeness (QED) is 0.645. The molecule has 3 heterocycles. The summed E-state index contributed by atoms with van der Waals surface area (Å²) in [6.07, 6.45) is 4.85. The minimum Gasteiger partial charge on any atom is -0.338 e. The normalized spacial score (nSPS) is 16.8. The third-order valence-corrected chi connectivity index (χ3v) is 5.22. The lowest BCUT2D eigenvalue weighted by atomic mass is 10.1. The molecule has 1 aliphatic rings. The number of likely N-dealkylation sites (tertiary alicyclic amines) is 1. The number of hydrogen-bond donors (Lipinski definition) is 0. The molecule has 150 valence electrons. The Morgan fingerprint density at radius 3 is 2.66 bits per heavy atom. The number of carbonyl (C=O) groups excluding carboxylic acids is 1. The summed E-state index contributed by atoms with van der Waals surface area (Å²) < 4.78 is 1.93. The van der Waals surface area contributed by atoms with E-state index in [1.54, 1.807) is 6.20 Å². The second-order valence-electron chi connectivity index (χ2n) is 8.27. The maximum absolute atomic E-state index is 12.7. The van der Waals surface area contributed by atoms with Crippen LogP contribution in [0.4, 0.5) is 0 Å². The zero-order valence-electron chi connectivity index (χ0n) is 17.2. The molecule has 0 radical (unpaired) electrons. The Morgan fingerprint density at radius 1 is 1.17 bits per heavy atom. The number of benzene rings is 1. The van der Waals surface area contributed by atoms with Crippen LogP contribution in [0.15, 0.2) is 48.8 Å². The predicted octanol–water partition coefficient (Wildman–Crippen LogP) is 3.69. The van der Waals surface area contributed by atoms with Gasteiger partial charge in [-0.25, -0.2) is 9.67 Å². The summed E-state index contributed by atoms with van der Waals surface area (Å²) in [5.41, 5.74) is 3.24. The van der Waals surface area contributed by atoms with Crippen molar-refractivity contribution in [3.63, 3.8) is 0 Å². The van der Waals surface area contributed by atoms with Gasteiger partial charge in [-0.05, 0) is 36.6 Å². The molecule has 1 unspecified atom stereocenters. The third-order valence-electron chi connectivity index (χ3n) is 5.22. The minimum atomic E-state index is 0.0360. The molecule has 0 spiro atoms. The zero-order chi connectivity index (χ0) is 20.4. The van der Waals surface area contributed by atoms with Crippen molar-refractivity contribution in [2.24, 2.45) is 5.92 Å². The van der Waals surface area contributed by atoms with Crippen molar-refractivity contribution in [2.45, 2.75) is 46.1 Å². The number of hydrogen-bond acceptors (Lipinski definition) is 4. The molecule has 0 saturated carbocycles. The number of carbonyl (C=O) groups is 1. The maximum atomic E-state index is 12.7. The highest BCUT2D eigenvalue weighted by atomic mass is 16.2. The fraction of sp³-hybridized carbons (Fsp3) is 0.391. The second-order valence-corrected chi connectivity index (χ2v) is 8.27. The Hall–Kier alpha value is -3.02. The van der Waals surface area contributed by atoms with Crippen molar-refractivity contribution in [3.05, 3.63) is 71.6 Å². The van der Waals surface area contributed by atoms with Crippen LogP contribution in [0, 0.1) is 12.8 Å². The van der Waals surface area contributed by atoms with Crippen molar-refractivity contribution in [3.8, 4) is 5.69 Å². The molecule has 6 heteroatoms. The SMILES string of the molecule is Cc1ccc(-n2nc(CC(C)C)nc2C2CC(=O)N(Cc3cccnc3)C2)cc1. The topological polar surface area (TPSA) is 63.9 Å². The summed E-state index contributed by atoms with van der Waals surface area (Å²) in [5.74, 6) is 2.39. The molecule has 0 aliphatic carbocycles. The summed E-state index contributed by atoms with van der Waals surface area (Å²) in [7, 11) is 0. The fourth-order valence-corrected chi connectivity index (χ4v) is 3.77. The molecule has 1 saturated heterocycles. The van der Waals surface area contributed by atoms with Crippen LogP contribution in [0.2, 0.25) is 0 Å². The van der Waals surface area contributed by atoms with Crippen LogP contribution < -0.4 is 0 Å². The maximum Gasteiger partial charge on any atom is 0.223 e. The molecule has 1 aromatic carbocycles. The van der Waals surface area contributed by atoms with Crippen LogP contribution in [0.3, 0.4) is 0 Å². The van der Waals surface area contributed by atoms with Crippen molar-refractivity contribution in [1.82, 2.24) is 24.6 Å². The van der Waals surface area contributed by atoms with Gasteiger partial charge in [0.05, 0.1) is 5.69 Å². The van der Waals surface area contributed by atoms with Gasteiger partial charge < -0.3 is 4.90 Å². The van der Waals surface area contributed by atoms with Gasteiger partial charge >= 0.3 is 0 Å². The molecule has 29 heavy (non-hydrogen) atoms. The van der Waals surface area contributed by atoms with Crippen LogP contribution in [-0.4, -0.2) is 37.1 Å². The van der Waals surface area contributed by atoms with Gasteiger partial charge in [-0.1, -0.05) is 37.6 Å². The molecule has 1 amide bonds. The van der Waals surface area contributed by atoms with E-state index in [9.17, 15) is 4.79 Å². The second kappa shape index (κ2) is 8.15. The average molecular weight is 390 g/mol. The molecule has 6 nitrogen and oxygen atoms in total. The lowest BCUT2D eigenvalue weighted by molar-refractivity contribution is -0.128. The minimum absolute atomic E-state index is 0.0360. The van der Waals surface area contributed by atoms with Gasteiger partial charge in [0.2, 0.25) is 5.91 Å². The first-order valence-corrected chi connectivity index (χ1v) is 10.2. The van der Waals surface area contributed by atoms with Crippen molar-refractivity contribution < 1.29 is 4.79 Å². The van der Waals surface area contributed by atoms with Gasteiger partial charge in [-0.2, -0.15) is 5.10 Å². The summed E-state index contributed by atoms with van der Waals surface area (Å²) in [6, 6.07) is 12.2. The summed E-state index contributed by atoms with van der Waals surface area (Å²) in [6.45, 7) is 7.64. The van der Waals surface area contributed by atoms with E-state index in [1.165, 1.54) is 5.56 Å². The zero-order valence-corrected chi connectivity index (χ0v) is 17.2. The number of aromatic nitrogens is 4. The average Bonchev–Trinajstić information content (AvgIpc) is 3.26. The van der Waals surface area contributed by atoms with E-state index >= 15 is 0 Å². The Morgan fingerprint density at radius 2 is 1.97 bits per heavy atom. The highest BCUT2D eigenvalue weighted by Gasteiger charge is 2.34. The summed E-state index contributed by atoms with van der Waals surface area (Å²) in [5, 5.41) is 4.79. The first kappa shape index (κ1) is 19.3. The van der Waals surface area contributed by atoms with Crippen LogP contribution in [-0.2, 0) is 17.8 Å². The summed E-state index contributed by atoms with van der Waals surface area (Å²) in [4.78, 5) is 23.6. The third kappa shape index (κ3) is 4.36. The van der Waals surface area contributed by atoms with E-state index < -0.39 is 0 Å². The van der Waals surface area contributed by atoms with E-state index in [0.29, 0.717) is 25.4 Å². The van der Waals surface area contributed by atoms with E-state index in [0.717, 1.165) is 29.3 Å². The monoisotopic (exact) mass is 389 g/mol. The van der Waals surface area contributed by atoms with Gasteiger partial charge in [-0.3, -0.25) is 9.78 Å². The molecule has 2 aromatic heterocycles. The van der Waals surface area contributed by atoms with E-state index in [-0.39, 0.29) is 11.8 Å². The first-order chi connectivity index (χ1) is 14.0.